The number of likely N-dealkylation sites (tertiary alicyclic amines) is 1. The number of amides is 1. The Morgan fingerprint density at radius 1 is 1.24 bits per heavy atom. The number of benzene rings is 1. The second-order valence-corrected chi connectivity index (χ2v) is 7.94. The molecule has 0 atom stereocenters. The van der Waals surface area contributed by atoms with Gasteiger partial charge < -0.3 is 4.90 Å². The lowest BCUT2D eigenvalue weighted by Gasteiger charge is -2.23. The van der Waals surface area contributed by atoms with Gasteiger partial charge in [-0.15, -0.1) is 0 Å². The largest absolute Gasteiger partial charge is 0.339 e. The summed E-state index contributed by atoms with van der Waals surface area (Å²) in [5.74, 6) is -0.127. The summed E-state index contributed by atoms with van der Waals surface area (Å²) in [5.41, 5.74) is 0.624. The van der Waals surface area contributed by atoms with Gasteiger partial charge in [-0.05, 0) is 42.9 Å². The number of sulfonamides is 1. The van der Waals surface area contributed by atoms with Gasteiger partial charge in [-0.25, -0.2) is 13.6 Å². The van der Waals surface area contributed by atoms with Crippen LogP contribution in [0.15, 0.2) is 29.2 Å². The zero-order valence-electron chi connectivity index (χ0n) is 12.5. The number of nitrogens with zero attached hydrogens (tertiary/aromatic N) is 1. The average Bonchev–Trinajstić information content (AvgIpc) is 2.58. The molecule has 0 aromatic heterocycles. The summed E-state index contributed by atoms with van der Waals surface area (Å²) < 4.78 is 22.8. The highest BCUT2D eigenvalue weighted by atomic mass is 32.2. The van der Waals surface area contributed by atoms with Crippen LogP contribution in [0.5, 0.6) is 0 Å². The lowest BCUT2D eigenvalue weighted by atomic mass is 9.85. The van der Waals surface area contributed by atoms with E-state index in [1.807, 2.05) is 0 Å². The Morgan fingerprint density at radius 2 is 1.95 bits per heavy atom. The van der Waals surface area contributed by atoms with Crippen molar-refractivity contribution >= 4 is 15.9 Å². The average molecular weight is 310 g/mol. The van der Waals surface area contributed by atoms with Crippen LogP contribution >= 0.6 is 0 Å². The Balaban J connectivity index is 2.20. The van der Waals surface area contributed by atoms with E-state index in [-0.39, 0.29) is 16.2 Å². The lowest BCUT2D eigenvalue weighted by Crippen LogP contribution is -2.32. The minimum atomic E-state index is -3.79. The lowest BCUT2D eigenvalue weighted by molar-refractivity contribution is 0.0757. The number of carbonyl (C=O) groups is 1. The third-order valence-corrected chi connectivity index (χ3v) is 4.95. The molecule has 0 radical (unpaired) electrons. The van der Waals surface area contributed by atoms with Gasteiger partial charge in [0.1, 0.15) is 0 Å². The Morgan fingerprint density at radius 3 is 2.62 bits per heavy atom. The van der Waals surface area contributed by atoms with Crippen LogP contribution < -0.4 is 5.14 Å². The number of hydrogen-bond acceptors (Lipinski definition) is 3. The fraction of sp³-hybridized carbons (Fsp3) is 0.533. The first-order chi connectivity index (χ1) is 9.69. The normalized spacial score (nSPS) is 19.1. The zero-order valence-corrected chi connectivity index (χ0v) is 13.3. The third-order valence-electron chi connectivity index (χ3n) is 4.04. The van der Waals surface area contributed by atoms with Crippen molar-refractivity contribution in [1.82, 2.24) is 4.90 Å². The fourth-order valence-corrected chi connectivity index (χ4v) is 3.17. The molecular weight excluding hydrogens is 288 g/mol. The van der Waals surface area contributed by atoms with Gasteiger partial charge in [0, 0.05) is 18.7 Å². The molecule has 0 spiro atoms. The van der Waals surface area contributed by atoms with Gasteiger partial charge in [-0.1, -0.05) is 19.9 Å². The maximum atomic E-state index is 12.5. The summed E-state index contributed by atoms with van der Waals surface area (Å²) >= 11 is 0. The smallest absolute Gasteiger partial charge is 0.253 e. The highest BCUT2D eigenvalue weighted by Crippen LogP contribution is 2.30. The quantitative estimate of drug-likeness (QED) is 0.907. The molecular formula is C15H22N2O3S. The monoisotopic (exact) mass is 310 g/mol. The van der Waals surface area contributed by atoms with Crippen LogP contribution in [0.1, 0.15) is 43.5 Å². The van der Waals surface area contributed by atoms with E-state index < -0.39 is 10.0 Å². The van der Waals surface area contributed by atoms with Crippen LogP contribution in [0.3, 0.4) is 0 Å². The highest BCUT2D eigenvalue weighted by molar-refractivity contribution is 7.89. The van der Waals surface area contributed by atoms with Crippen molar-refractivity contribution in [3.8, 4) is 0 Å². The molecule has 1 aliphatic heterocycles. The van der Waals surface area contributed by atoms with Gasteiger partial charge >= 0.3 is 0 Å². The van der Waals surface area contributed by atoms with E-state index in [2.05, 4.69) is 13.8 Å². The predicted octanol–water partition coefficient (Wildman–Crippen LogP) is 1.99. The van der Waals surface area contributed by atoms with Crippen molar-refractivity contribution in [1.29, 1.82) is 0 Å². The van der Waals surface area contributed by atoms with Gasteiger partial charge in [-0.2, -0.15) is 0 Å². The number of hydrogen-bond donors (Lipinski definition) is 1. The first-order valence-corrected chi connectivity index (χ1v) is 8.66. The second-order valence-electron chi connectivity index (χ2n) is 6.38. The van der Waals surface area contributed by atoms with E-state index in [9.17, 15) is 13.2 Å². The van der Waals surface area contributed by atoms with Crippen molar-refractivity contribution < 1.29 is 13.2 Å². The molecule has 0 saturated carbocycles. The molecule has 1 amide bonds. The van der Waals surface area contributed by atoms with E-state index in [4.69, 9.17) is 5.14 Å². The summed E-state index contributed by atoms with van der Waals surface area (Å²) in [6.45, 7) is 5.83. The van der Waals surface area contributed by atoms with E-state index in [1.54, 1.807) is 17.0 Å². The molecule has 0 unspecified atom stereocenters. The molecule has 1 saturated heterocycles. The van der Waals surface area contributed by atoms with Crippen molar-refractivity contribution in [2.24, 2.45) is 10.6 Å². The molecule has 1 fully saturated rings. The van der Waals surface area contributed by atoms with Crippen molar-refractivity contribution in [2.75, 3.05) is 13.1 Å². The second kappa shape index (κ2) is 5.77. The van der Waals surface area contributed by atoms with Crippen LogP contribution in [-0.2, 0) is 10.0 Å². The molecule has 116 valence electrons. The van der Waals surface area contributed by atoms with Gasteiger partial charge in [0.15, 0.2) is 0 Å². The molecule has 1 aromatic rings. The zero-order chi connectivity index (χ0) is 15.7. The Bertz CT molecular complexity index is 638. The minimum absolute atomic E-state index is 0.0245. The number of rotatable bonds is 2. The first kappa shape index (κ1) is 16.0. The Labute approximate surface area is 126 Å². The summed E-state index contributed by atoms with van der Waals surface area (Å²) in [4.78, 5) is 14.3. The van der Waals surface area contributed by atoms with Crippen molar-refractivity contribution in [2.45, 2.75) is 38.0 Å². The highest BCUT2D eigenvalue weighted by Gasteiger charge is 2.26. The van der Waals surface area contributed by atoms with Crippen LogP contribution in [0, 0.1) is 5.41 Å². The van der Waals surface area contributed by atoms with Gasteiger partial charge in [0.05, 0.1) is 4.90 Å². The maximum absolute atomic E-state index is 12.5. The minimum Gasteiger partial charge on any atom is -0.339 e. The van der Waals surface area contributed by atoms with Gasteiger partial charge in [-0.3, -0.25) is 4.79 Å². The molecule has 0 bridgehead atoms. The van der Waals surface area contributed by atoms with E-state index in [0.717, 1.165) is 19.3 Å². The number of nitrogens with two attached hydrogens (primary N) is 1. The molecule has 0 aliphatic carbocycles. The van der Waals surface area contributed by atoms with E-state index >= 15 is 0 Å². The van der Waals surface area contributed by atoms with Crippen LogP contribution in [0.2, 0.25) is 0 Å². The Hall–Kier alpha value is -1.40. The van der Waals surface area contributed by atoms with Crippen LogP contribution in [0.4, 0.5) is 0 Å². The molecule has 1 heterocycles. The number of carbonyl (C=O) groups excluding carboxylic acids is 1. The first-order valence-electron chi connectivity index (χ1n) is 7.11. The molecule has 2 N–H and O–H groups in total. The Kier molecular flexibility index (Phi) is 4.39. The van der Waals surface area contributed by atoms with Crippen LogP contribution in [-0.4, -0.2) is 32.3 Å². The summed E-state index contributed by atoms with van der Waals surface area (Å²) in [6.07, 6.45) is 3.01. The van der Waals surface area contributed by atoms with Gasteiger partial charge in [0.2, 0.25) is 10.0 Å². The number of primary sulfonamides is 1. The molecule has 5 nitrogen and oxygen atoms in total. The standard InChI is InChI=1S/C15H22N2O3S/c1-15(2)7-4-9-17(10-8-15)14(18)12-5-3-6-13(11-12)21(16,19)20/h3,5-6,11H,4,7-10H2,1-2H3,(H2,16,19,20). The van der Waals surface area contributed by atoms with Crippen molar-refractivity contribution in [3.63, 3.8) is 0 Å². The van der Waals surface area contributed by atoms with Crippen molar-refractivity contribution in [3.05, 3.63) is 29.8 Å². The summed E-state index contributed by atoms with van der Waals surface area (Å²) in [5, 5.41) is 5.11. The molecule has 1 aliphatic rings. The molecule has 6 heteroatoms. The van der Waals surface area contributed by atoms with Gasteiger partial charge in [0.25, 0.3) is 5.91 Å². The maximum Gasteiger partial charge on any atom is 0.253 e. The molecule has 1 aromatic carbocycles. The summed E-state index contributed by atoms with van der Waals surface area (Å²) in [7, 11) is -3.79. The van der Waals surface area contributed by atoms with E-state index in [1.165, 1.54) is 12.1 Å². The topological polar surface area (TPSA) is 80.5 Å². The van der Waals surface area contributed by atoms with Crippen LogP contribution in [0.25, 0.3) is 0 Å². The van der Waals surface area contributed by atoms with E-state index in [0.29, 0.717) is 18.7 Å². The fourth-order valence-electron chi connectivity index (χ4n) is 2.61. The molecule has 2 rings (SSSR count). The summed E-state index contributed by atoms with van der Waals surface area (Å²) in [6, 6.07) is 5.94. The SMILES string of the molecule is CC1(C)CCCN(C(=O)c2cccc(S(N)(=O)=O)c2)CC1. The molecule has 21 heavy (non-hydrogen) atoms. The predicted molar refractivity (Wildman–Crippen MR) is 81.4 cm³/mol. The third kappa shape index (κ3) is 4.04.